The summed E-state index contributed by atoms with van der Waals surface area (Å²) in [6, 6.07) is -0.605. The third-order valence-electron chi connectivity index (χ3n) is 3.82. The van der Waals surface area contributed by atoms with Gasteiger partial charge in [0.2, 0.25) is 5.91 Å². The number of rotatable bonds is 2. The Morgan fingerprint density at radius 2 is 1.88 bits per heavy atom. The fourth-order valence-corrected chi connectivity index (χ4v) is 3.76. The van der Waals surface area contributed by atoms with E-state index in [4.69, 9.17) is 5.11 Å². The fraction of sp³-hybridized carbons (Fsp3) is 0.833. The minimum atomic E-state index is -0.868. The molecule has 0 radical (unpaired) electrons. The molecule has 2 aliphatic rings. The van der Waals surface area contributed by atoms with E-state index >= 15 is 0 Å². The van der Waals surface area contributed by atoms with Crippen LogP contribution in [0.3, 0.4) is 0 Å². The zero-order valence-electron chi connectivity index (χ0n) is 10.1. The van der Waals surface area contributed by atoms with Crippen LogP contribution in [0, 0.1) is 11.8 Å². The molecular formula is C12H19NO3S. The minimum absolute atomic E-state index is 0.0618. The van der Waals surface area contributed by atoms with Gasteiger partial charge in [-0.15, -0.1) is 11.8 Å². The van der Waals surface area contributed by atoms with E-state index in [1.807, 2.05) is 0 Å². The second-order valence-electron chi connectivity index (χ2n) is 5.12. The van der Waals surface area contributed by atoms with Crippen molar-refractivity contribution in [3.05, 3.63) is 0 Å². The van der Waals surface area contributed by atoms with Gasteiger partial charge in [-0.2, -0.15) is 0 Å². The summed E-state index contributed by atoms with van der Waals surface area (Å²) in [6.45, 7) is 2.21. The van der Waals surface area contributed by atoms with Crippen LogP contribution < -0.4 is 0 Å². The van der Waals surface area contributed by atoms with E-state index in [1.165, 1.54) is 11.8 Å². The smallest absolute Gasteiger partial charge is 0.327 e. The molecule has 4 nitrogen and oxygen atoms in total. The lowest BCUT2D eigenvalue weighted by molar-refractivity contribution is -0.150. The summed E-state index contributed by atoms with van der Waals surface area (Å²) >= 11 is 1.54. The van der Waals surface area contributed by atoms with Crippen molar-refractivity contribution in [1.82, 2.24) is 4.90 Å². The number of nitrogens with zero attached hydrogens (tertiary/aromatic N) is 1. The topological polar surface area (TPSA) is 57.6 Å². The molecule has 2 rings (SSSR count). The average molecular weight is 257 g/mol. The number of carboxylic acids is 1. The largest absolute Gasteiger partial charge is 0.480 e. The van der Waals surface area contributed by atoms with Crippen molar-refractivity contribution in [1.29, 1.82) is 0 Å². The Hall–Kier alpha value is -0.710. The molecule has 5 heteroatoms. The highest BCUT2D eigenvalue weighted by Crippen LogP contribution is 2.32. The molecule has 1 heterocycles. The van der Waals surface area contributed by atoms with Crippen molar-refractivity contribution < 1.29 is 14.7 Å². The van der Waals surface area contributed by atoms with Crippen LogP contribution in [0.5, 0.6) is 0 Å². The molecule has 1 N–H and O–H groups in total. The number of carbonyl (C=O) groups excluding carboxylic acids is 1. The quantitative estimate of drug-likeness (QED) is 0.819. The van der Waals surface area contributed by atoms with Crippen molar-refractivity contribution in [2.75, 3.05) is 11.6 Å². The molecule has 1 amide bonds. The number of hydrogen-bond donors (Lipinski definition) is 1. The molecule has 1 aliphatic carbocycles. The number of thioether (sulfide) groups is 1. The van der Waals surface area contributed by atoms with E-state index in [0.29, 0.717) is 17.5 Å². The highest BCUT2D eigenvalue weighted by molar-refractivity contribution is 7.99. The van der Waals surface area contributed by atoms with Gasteiger partial charge in [-0.05, 0) is 31.6 Å². The van der Waals surface area contributed by atoms with Gasteiger partial charge in [0.25, 0.3) is 0 Å². The molecule has 1 saturated carbocycles. The Kier molecular flexibility index (Phi) is 3.97. The van der Waals surface area contributed by atoms with Crippen molar-refractivity contribution in [2.45, 2.75) is 38.6 Å². The zero-order valence-corrected chi connectivity index (χ0v) is 10.9. The summed E-state index contributed by atoms with van der Waals surface area (Å²) in [5.74, 6) is 1.04. The molecule has 17 heavy (non-hydrogen) atoms. The summed E-state index contributed by atoms with van der Waals surface area (Å²) in [7, 11) is 0. The molecule has 1 aliphatic heterocycles. The number of hydrogen-bond acceptors (Lipinski definition) is 3. The third kappa shape index (κ3) is 2.76. The van der Waals surface area contributed by atoms with E-state index in [9.17, 15) is 9.59 Å². The Labute approximate surface area is 106 Å². The first-order valence-electron chi connectivity index (χ1n) is 6.20. The molecule has 0 bridgehead atoms. The first-order valence-corrected chi connectivity index (χ1v) is 7.36. The summed E-state index contributed by atoms with van der Waals surface area (Å²) in [6.07, 6.45) is 4.03. The van der Waals surface area contributed by atoms with Gasteiger partial charge in [-0.1, -0.05) is 6.92 Å². The van der Waals surface area contributed by atoms with Crippen LogP contribution in [0.15, 0.2) is 0 Å². The molecule has 0 aromatic carbocycles. The predicted octanol–water partition coefficient (Wildman–Crippen LogP) is 1.80. The van der Waals surface area contributed by atoms with Crippen molar-refractivity contribution >= 4 is 23.6 Å². The van der Waals surface area contributed by atoms with Crippen LogP contribution in [0.2, 0.25) is 0 Å². The number of carbonyl (C=O) groups is 2. The van der Waals surface area contributed by atoms with Gasteiger partial charge in [0.05, 0.1) is 5.88 Å². The van der Waals surface area contributed by atoms with Gasteiger partial charge in [0, 0.05) is 11.7 Å². The molecule has 1 atom stereocenters. The van der Waals surface area contributed by atoms with E-state index < -0.39 is 12.0 Å². The Morgan fingerprint density at radius 1 is 1.24 bits per heavy atom. The van der Waals surface area contributed by atoms with E-state index in [2.05, 4.69) is 6.92 Å². The number of aliphatic carboxylic acids is 1. The Bertz CT molecular complexity index is 313. The first-order chi connectivity index (χ1) is 8.09. The second-order valence-corrected chi connectivity index (χ2v) is 6.12. The van der Waals surface area contributed by atoms with E-state index in [0.717, 1.165) is 25.7 Å². The van der Waals surface area contributed by atoms with Gasteiger partial charge < -0.3 is 10.0 Å². The highest BCUT2D eigenvalue weighted by atomic mass is 32.2. The van der Waals surface area contributed by atoms with Gasteiger partial charge in [0.1, 0.15) is 6.04 Å². The van der Waals surface area contributed by atoms with Crippen molar-refractivity contribution in [3.8, 4) is 0 Å². The summed E-state index contributed by atoms with van der Waals surface area (Å²) in [4.78, 5) is 24.9. The Morgan fingerprint density at radius 3 is 2.47 bits per heavy atom. The minimum Gasteiger partial charge on any atom is -0.480 e. The van der Waals surface area contributed by atoms with Gasteiger partial charge in [-0.25, -0.2) is 4.79 Å². The normalized spacial score (nSPS) is 33.7. The second kappa shape index (κ2) is 5.29. The monoisotopic (exact) mass is 257 g/mol. The zero-order chi connectivity index (χ0) is 12.4. The molecule has 2 fully saturated rings. The lowest BCUT2D eigenvalue weighted by atomic mass is 9.82. The number of carboxylic acid groups (broad SMARTS) is 1. The lowest BCUT2D eigenvalue weighted by Gasteiger charge is -2.30. The van der Waals surface area contributed by atoms with E-state index in [-0.39, 0.29) is 11.8 Å². The maximum atomic E-state index is 12.3. The molecule has 1 unspecified atom stereocenters. The third-order valence-corrected chi connectivity index (χ3v) is 4.83. The van der Waals surface area contributed by atoms with Gasteiger partial charge >= 0.3 is 5.97 Å². The SMILES string of the molecule is CC1CCC(C(=O)N2CSCC2C(=O)O)CC1. The number of amides is 1. The molecule has 0 spiro atoms. The van der Waals surface area contributed by atoms with Crippen LogP contribution in [0.4, 0.5) is 0 Å². The van der Waals surface area contributed by atoms with Gasteiger partial charge in [-0.3, -0.25) is 4.79 Å². The van der Waals surface area contributed by atoms with Crippen LogP contribution in [0.1, 0.15) is 32.6 Å². The van der Waals surface area contributed by atoms with Crippen LogP contribution >= 0.6 is 11.8 Å². The molecule has 0 aromatic heterocycles. The fourth-order valence-electron chi connectivity index (χ4n) is 2.61. The Balaban J connectivity index is 1.97. The average Bonchev–Trinajstić information content (AvgIpc) is 2.78. The van der Waals surface area contributed by atoms with E-state index in [1.54, 1.807) is 4.90 Å². The lowest BCUT2D eigenvalue weighted by Crippen LogP contribution is -2.45. The highest BCUT2D eigenvalue weighted by Gasteiger charge is 2.38. The standard InChI is InChI=1S/C12H19NO3S/c1-8-2-4-9(5-3-8)11(14)13-7-17-6-10(13)12(15)16/h8-10H,2-7H2,1H3,(H,15,16). The molecular weight excluding hydrogens is 238 g/mol. The van der Waals surface area contributed by atoms with Crippen LogP contribution in [0.25, 0.3) is 0 Å². The van der Waals surface area contributed by atoms with Crippen LogP contribution in [-0.2, 0) is 9.59 Å². The molecule has 0 aromatic rings. The summed E-state index contributed by atoms with van der Waals surface area (Å²) < 4.78 is 0. The first kappa shape index (κ1) is 12.7. The summed E-state index contributed by atoms with van der Waals surface area (Å²) in [5, 5.41) is 9.07. The summed E-state index contributed by atoms with van der Waals surface area (Å²) in [5.41, 5.74) is 0. The molecule has 1 saturated heterocycles. The van der Waals surface area contributed by atoms with Gasteiger partial charge in [0.15, 0.2) is 0 Å². The van der Waals surface area contributed by atoms with Crippen molar-refractivity contribution in [3.63, 3.8) is 0 Å². The predicted molar refractivity (Wildman–Crippen MR) is 66.7 cm³/mol. The maximum Gasteiger partial charge on any atom is 0.327 e. The van der Waals surface area contributed by atoms with Crippen molar-refractivity contribution in [2.24, 2.45) is 11.8 Å². The van der Waals surface area contributed by atoms with Crippen LogP contribution in [-0.4, -0.2) is 39.6 Å². The maximum absolute atomic E-state index is 12.3. The molecule has 96 valence electrons.